The minimum absolute atomic E-state index is 0.171. The zero-order valence-corrected chi connectivity index (χ0v) is 15.1. The summed E-state index contributed by atoms with van der Waals surface area (Å²) >= 11 is 4.27. The van der Waals surface area contributed by atoms with Crippen LogP contribution in [0.4, 0.5) is 0 Å². The second-order valence-electron chi connectivity index (χ2n) is 6.06. The van der Waals surface area contributed by atoms with Crippen LogP contribution in [0.1, 0.15) is 44.9 Å². The van der Waals surface area contributed by atoms with Gasteiger partial charge in [-0.05, 0) is 42.4 Å². The van der Waals surface area contributed by atoms with E-state index >= 15 is 0 Å². The predicted molar refractivity (Wildman–Crippen MR) is 104 cm³/mol. The van der Waals surface area contributed by atoms with Gasteiger partial charge in [-0.2, -0.15) is 12.6 Å². The number of hydrogen-bond donors (Lipinski definition) is 3. The molecule has 1 heterocycles. The van der Waals surface area contributed by atoms with Crippen LogP contribution in [-0.4, -0.2) is 32.5 Å². The fraction of sp³-hybridized carbons (Fsp3) is 0.200. The van der Waals surface area contributed by atoms with Gasteiger partial charge in [0.1, 0.15) is 5.69 Å². The van der Waals surface area contributed by atoms with E-state index < -0.39 is 18.0 Å². The molecule has 5 nitrogen and oxygen atoms in total. The van der Waals surface area contributed by atoms with E-state index in [9.17, 15) is 19.8 Å². The molecular formula is C20H19NO4S. The Labute approximate surface area is 156 Å². The Kier molecular flexibility index (Phi) is 5.04. The Bertz CT molecular complexity index is 993. The summed E-state index contributed by atoms with van der Waals surface area (Å²) in [5.41, 5.74) is 2.43. The molecule has 0 saturated heterocycles. The maximum Gasteiger partial charge on any atom is 0.352 e. The highest BCUT2D eigenvalue weighted by atomic mass is 32.1. The van der Waals surface area contributed by atoms with Crippen molar-refractivity contribution in [3.05, 3.63) is 70.9 Å². The highest BCUT2D eigenvalue weighted by molar-refractivity contribution is 7.80. The van der Waals surface area contributed by atoms with E-state index in [1.165, 1.54) is 6.07 Å². The van der Waals surface area contributed by atoms with Gasteiger partial charge in [0, 0.05) is 10.9 Å². The van der Waals surface area contributed by atoms with Crippen molar-refractivity contribution in [2.75, 3.05) is 5.75 Å². The maximum atomic E-state index is 12.1. The van der Waals surface area contributed by atoms with Gasteiger partial charge < -0.3 is 14.8 Å². The number of carbonyl (C=O) groups is 2. The van der Waals surface area contributed by atoms with E-state index in [0.717, 1.165) is 16.5 Å². The first-order valence-electron chi connectivity index (χ1n) is 8.25. The van der Waals surface area contributed by atoms with Gasteiger partial charge in [-0.15, -0.1) is 0 Å². The molecule has 0 aliphatic heterocycles. The lowest BCUT2D eigenvalue weighted by atomic mass is 10.0. The summed E-state index contributed by atoms with van der Waals surface area (Å²) < 4.78 is 1.72. The highest BCUT2D eigenvalue weighted by Gasteiger charge is 2.26. The Morgan fingerprint density at radius 3 is 2.35 bits per heavy atom. The molecule has 1 atom stereocenters. The SMILES string of the molecule is CC(c1ccccc1C(=O)O)n1c(C(=O)O)c(CCS)c2ccccc21. The molecule has 2 aromatic carbocycles. The van der Waals surface area contributed by atoms with Crippen LogP contribution >= 0.6 is 12.6 Å². The van der Waals surface area contributed by atoms with Gasteiger partial charge in [-0.3, -0.25) is 0 Å². The molecule has 2 N–H and O–H groups in total. The minimum atomic E-state index is -1.03. The highest BCUT2D eigenvalue weighted by Crippen LogP contribution is 2.33. The molecule has 0 fully saturated rings. The molecule has 1 aromatic heterocycles. The van der Waals surface area contributed by atoms with Crippen molar-refractivity contribution >= 4 is 35.5 Å². The molecular weight excluding hydrogens is 350 g/mol. The summed E-state index contributed by atoms with van der Waals surface area (Å²) in [6, 6.07) is 13.7. The van der Waals surface area contributed by atoms with Crippen LogP contribution in [0, 0.1) is 0 Å². The number of benzene rings is 2. The molecule has 0 spiro atoms. The van der Waals surface area contributed by atoms with Crippen LogP contribution < -0.4 is 0 Å². The molecule has 0 aliphatic carbocycles. The van der Waals surface area contributed by atoms with Gasteiger partial charge >= 0.3 is 11.9 Å². The van der Waals surface area contributed by atoms with Crippen LogP contribution in [-0.2, 0) is 6.42 Å². The predicted octanol–water partition coefficient (Wildman–Crippen LogP) is 4.12. The largest absolute Gasteiger partial charge is 0.478 e. The summed E-state index contributed by atoms with van der Waals surface area (Å²) in [6.07, 6.45) is 0.519. The smallest absolute Gasteiger partial charge is 0.352 e. The molecule has 0 amide bonds. The van der Waals surface area contributed by atoms with Crippen LogP contribution in [0.5, 0.6) is 0 Å². The quantitative estimate of drug-likeness (QED) is 0.571. The Morgan fingerprint density at radius 2 is 1.69 bits per heavy atom. The number of carboxylic acids is 2. The summed E-state index contributed by atoms with van der Waals surface area (Å²) in [6.45, 7) is 1.82. The van der Waals surface area contributed by atoms with Gasteiger partial charge in [0.15, 0.2) is 0 Å². The number of thiol groups is 1. The van der Waals surface area contributed by atoms with Gasteiger partial charge in [0.05, 0.1) is 11.6 Å². The van der Waals surface area contributed by atoms with E-state index in [2.05, 4.69) is 12.6 Å². The molecule has 1 unspecified atom stereocenters. The molecule has 0 bridgehead atoms. The third kappa shape index (κ3) is 2.97. The van der Waals surface area contributed by atoms with Crippen LogP contribution in [0.15, 0.2) is 48.5 Å². The van der Waals surface area contributed by atoms with Crippen molar-refractivity contribution in [2.24, 2.45) is 0 Å². The zero-order chi connectivity index (χ0) is 18.8. The van der Waals surface area contributed by atoms with Crippen molar-refractivity contribution in [3.63, 3.8) is 0 Å². The first kappa shape index (κ1) is 18.1. The molecule has 0 radical (unpaired) electrons. The van der Waals surface area contributed by atoms with Crippen molar-refractivity contribution < 1.29 is 19.8 Å². The van der Waals surface area contributed by atoms with Crippen molar-refractivity contribution in [3.8, 4) is 0 Å². The number of aromatic carboxylic acids is 2. The van der Waals surface area contributed by atoms with Crippen LogP contribution in [0.3, 0.4) is 0 Å². The van der Waals surface area contributed by atoms with E-state index in [0.29, 0.717) is 17.7 Å². The standard InChI is InChI=1S/C20H19NO4S/c1-12(13-6-2-3-8-16(13)19(22)23)21-17-9-5-4-7-14(17)15(10-11-26)18(21)20(24)25/h2-9,12,26H,10-11H2,1H3,(H,22,23)(H,24,25). The third-order valence-corrected chi connectivity index (χ3v) is 4.83. The number of aromatic nitrogens is 1. The van der Waals surface area contributed by atoms with Crippen LogP contribution in [0.25, 0.3) is 10.9 Å². The number of aryl methyl sites for hydroxylation is 1. The monoisotopic (exact) mass is 369 g/mol. The van der Waals surface area contributed by atoms with Crippen molar-refractivity contribution in [1.82, 2.24) is 4.57 Å². The zero-order valence-electron chi connectivity index (χ0n) is 14.2. The lowest BCUT2D eigenvalue weighted by molar-refractivity contribution is 0.0680. The molecule has 3 aromatic rings. The number of para-hydroxylation sites is 1. The van der Waals surface area contributed by atoms with Gasteiger partial charge in [-0.1, -0.05) is 36.4 Å². The van der Waals surface area contributed by atoms with Crippen molar-refractivity contribution in [1.29, 1.82) is 0 Å². The average Bonchev–Trinajstić information content (AvgIpc) is 2.96. The average molecular weight is 369 g/mol. The van der Waals surface area contributed by atoms with Gasteiger partial charge in [0.25, 0.3) is 0 Å². The third-order valence-electron chi connectivity index (χ3n) is 4.61. The van der Waals surface area contributed by atoms with E-state index in [-0.39, 0.29) is 11.3 Å². The fourth-order valence-electron chi connectivity index (χ4n) is 3.53. The second-order valence-corrected chi connectivity index (χ2v) is 6.51. The first-order valence-corrected chi connectivity index (χ1v) is 8.88. The molecule has 26 heavy (non-hydrogen) atoms. The van der Waals surface area contributed by atoms with Gasteiger partial charge in [0.2, 0.25) is 0 Å². The fourth-order valence-corrected chi connectivity index (χ4v) is 3.75. The van der Waals surface area contributed by atoms with E-state index in [1.54, 1.807) is 22.8 Å². The molecule has 0 aliphatic rings. The summed E-state index contributed by atoms with van der Waals surface area (Å²) in [4.78, 5) is 23.7. The lowest BCUT2D eigenvalue weighted by Crippen LogP contribution is -2.17. The number of nitrogens with zero attached hydrogens (tertiary/aromatic N) is 1. The van der Waals surface area contributed by atoms with E-state index in [1.807, 2.05) is 31.2 Å². The summed E-state index contributed by atoms with van der Waals surface area (Å²) in [5, 5.41) is 20.3. The topological polar surface area (TPSA) is 79.5 Å². The Balaban J connectivity index is 2.33. The van der Waals surface area contributed by atoms with Crippen molar-refractivity contribution in [2.45, 2.75) is 19.4 Å². The normalized spacial score (nSPS) is 12.2. The Hall–Kier alpha value is -2.73. The number of hydrogen-bond acceptors (Lipinski definition) is 3. The number of rotatable bonds is 6. The molecule has 3 rings (SSSR count). The second kappa shape index (κ2) is 7.25. The number of carboxylic acid groups (broad SMARTS) is 2. The number of fused-ring (bicyclic) bond motifs is 1. The minimum Gasteiger partial charge on any atom is -0.478 e. The Morgan fingerprint density at radius 1 is 1.04 bits per heavy atom. The van der Waals surface area contributed by atoms with Crippen LogP contribution in [0.2, 0.25) is 0 Å². The molecule has 134 valence electrons. The molecule has 6 heteroatoms. The van der Waals surface area contributed by atoms with E-state index in [4.69, 9.17) is 0 Å². The summed E-state index contributed by atoms with van der Waals surface area (Å²) in [7, 11) is 0. The first-order chi connectivity index (χ1) is 12.5. The lowest BCUT2D eigenvalue weighted by Gasteiger charge is -2.20. The maximum absolute atomic E-state index is 12.1. The summed E-state index contributed by atoms with van der Waals surface area (Å²) in [5.74, 6) is -1.54. The molecule has 0 saturated carbocycles. The van der Waals surface area contributed by atoms with Gasteiger partial charge in [-0.25, -0.2) is 9.59 Å².